The molecule has 0 aromatic carbocycles. The van der Waals surface area contributed by atoms with Crippen LogP contribution in [-0.4, -0.2) is 72.5 Å². The highest BCUT2D eigenvalue weighted by atomic mass is 35.5. The van der Waals surface area contributed by atoms with Crippen molar-refractivity contribution in [3.63, 3.8) is 0 Å². The molecule has 0 aliphatic carbocycles. The van der Waals surface area contributed by atoms with Crippen LogP contribution in [0.3, 0.4) is 0 Å². The lowest BCUT2D eigenvalue weighted by molar-refractivity contribution is -0.133. The molecule has 3 aliphatic heterocycles. The largest absolute Gasteiger partial charge is 0.340 e. The average Bonchev–Trinajstić information content (AvgIpc) is 2.93. The zero-order chi connectivity index (χ0) is 17.8. The number of amides is 1. The van der Waals surface area contributed by atoms with Crippen LogP contribution >= 0.6 is 24.8 Å². The summed E-state index contributed by atoms with van der Waals surface area (Å²) in [5, 5.41) is 6.99. The van der Waals surface area contributed by atoms with Gasteiger partial charge in [0.25, 0.3) is 0 Å². The Kier molecular flexibility index (Phi) is 8.96. The predicted octanol–water partition coefficient (Wildman–Crippen LogP) is 1.69. The minimum atomic E-state index is 0. The standard InChI is InChI=1S/C20H31N5O.2ClH/c26-19(18-14-20(16-23-18)5-8-21-9-6-20)25-11-3-10-24(12-13-25)15-17-4-1-2-7-22-17;;/h1-2,4,7,18,21,23H,3,5-6,8-16H2;2*1H. The van der Waals surface area contributed by atoms with Crippen LogP contribution in [0.25, 0.3) is 0 Å². The van der Waals surface area contributed by atoms with Gasteiger partial charge in [0.2, 0.25) is 5.91 Å². The molecule has 1 unspecified atom stereocenters. The number of carbonyl (C=O) groups excluding carboxylic acids is 1. The Morgan fingerprint density at radius 2 is 1.96 bits per heavy atom. The monoisotopic (exact) mass is 429 g/mol. The zero-order valence-corrected chi connectivity index (χ0v) is 18.1. The van der Waals surface area contributed by atoms with E-state index in [0.717, 1.165) is 70.9 Å². The van der Waals surface area contributed by atoms with Gasteiger partial charge < -0.3 is 15.5 Å². The summed E-state index contributed by atoms with van der Waals surface area (Å²) in [6.07, 6.45) is 6.30. The Morgan fingerprint density at radius 1 is 1.14 bits per heavy atom. The van der Waals surface area contributed by atoms with Crippen molar-refractivity contribution in [2.45, 2.75) is 38.3 Å². The van der Waals surface area contributed by atoms with E-state index in [2.05, 4.69) is 31.5 Å². The van der Waals surface area contributed by atoms with E-state index < -0.39 is 0 Å². The molecule has 8 heteroatoms. The highest BCUT2D eigenvalue weighted by molar-refractivity contribution is 5.85. The van der Waals surface area contributed by atoms with Gasteiger partial charge in [0, 0.05) is 45.5 Å². The Balaban J connectivity index is 0.00000140. The summed E-state index contributed by atoms with van der Waals surface area (Å²) in [4.78, 5) is 22.0. The van der Waals surface area contributed by atoms with Crippen molar-refractivity contribution in [3.8, 4) is 0 Å². The molecule has 3 aliphatic rings. The summed E-state index contributed by atoms with van der Waals surface area (Å²) in [6, 6.07) is 6.10. The Hall–Kier alpha value is -0.920. The first-order chi connectivity index (χ1) is 12.7. The highest BCUT2D eigenvalue weighted by Crippen LogP contribution is 2.37. The van der Waals surface area contributed by atoms with Crippen LogP contribution < -0.4 is 10.6 Å². The van der Waals surface area contributed by atoms with Gasteiger partial charge in [-0.3, -0.25) is 14.7 Å². The minimum Gasteiger partial charge on any atom is -0.340 e. The second kappa shape index (κ2) is 10.7. The molecule has 0 bridgehead atoms. The van der Waals surface area contributed by atoms with Gasteiger partial charge in [-0.25, -0.2) is 0 Å². The first-order valence-electron chi connectivity index (χ1n) is 10.1. The van der Waals surface area contributed by atoms with Crippen molar-refractivity contribution in [2.75, 3.05) is 45.8 Å². The molecular formula is C20H33Cl2N5O. The maximum absolute atomic E-state index is 13.1. The Labute approximate surface area is 180 Å². The molecule has 1 aromatic heterocycles. The van der Waals surface area contributed by atoms with Crippen molar-refractivity contribution in [3.05, 3.63) is 30.1 Å². The van der Waals surface area contributed by atoms with Crippen LogP contribution in [0.4, 0.5) is 0 Å². The van der Waals surface area contributed by atoms with Gasteiger partial charge in [-0.1, -0.05) is 6.07 Å². The topological polar surface area (TPSA) is 60.5 Å². The van der Waals surface area contributed by atoms with Crippen molar-refractivity contribution >= 4 is 30.7 Å². The molecule has 158 valence electrons. The SMILES string of the molecule is Cl.Cl.O=C(C1CC2(CCNCC2)CN1)N1CCCN(Cc2ccccn2)CC1. The summed E-state index contributed by atoms with van der Waals surface area (Å²) in [7, 11) is 0. The maximum Gasteiger partial charge on any atom is 0.239 e. The Morgan fingerprint density at radius 3 is 2.71 bits per heavy atom. The number of aromatic nitrogens is 1. The molecule has 0 saturated carbocycles. The summed E-state index contributed by atoms with van der Waals surface area (Å²) in [5.74, 6) is 0.320. The lowest BCUT2D eigenvalue weighted by atomic mass is 9.77. The number of carbonyl (C=O) groups is 1. The summed E-state index contributed by atoms with van der Waals surface area (Å²) < 4.78 is 0. The second-order valence-corrected chi connectivity index (χ2v) is 8.16. The van der Waals surface area contributed by atoms with E-state index in [-0.39, 0.29) is 30.9 Å². The third-order valence-corrected chi connectivity index (χ3v) is 6.33. The normalized spacial score (nSPS) is 24.9. The molecule has 4 heterocycles. The van der Waals surface area contributed by atoms with Crippen LogP contribution in [0.5, 0.6) is 0 Å². The van der Waals surface area contributed by atoms with Crippen molar-refractivity contribution in [1.29, 1.82) is 0 Å². The van der Waals surface area contributed by atoms with Crippen molar-refractivity contribution in [1.82, 2.24) is 25.4 Å². The number of hydrogen-bond acceptors (Lipinski definition) is 5. The van der Waals surface area contributed by atoms with Crippen LogP contribution in [0.1, 0.15) is 31.4 Å². The first-order valence-corrected chi connectivity index (χ1v) is 10.1. The summed E-state index contributed by atoms with van der Waals surface area (Å²) in [5.41, 5.74) is 1.46. The third-order valence-electron chi connectivity index (χ3n) is 6.33. The fourth-order valence-electron chi connectivity index (χ4n) is 4.72. The minimum absolute atomic E-state index is 0. The summed E-state index contributed by atoms with van der Waals surface area (Å²) >= 11 is 0. The van der Waals surface area contributed by atoms with Gasteiger partial charge in [0.15, 0.2) is 0 Å². The highest BCUT2D eigenvalue weighted by Gasteiger charge is 2.43. The molecule has 4 rings (SSSR count). The maximum atomic E-state index is 13.1. The van der Waals surface area contributed by atoms with E-state index in [9.17, 15) is 4.79 Å². The van der Waals surface area contributed by atoms with E-state index in [1.165, 1.54) is 12.8 Å². The van der Waals surface area contributed by atoms with Crippen LogP contribution in [0.15, 0.2) is 24.4 Å². The molecule has 1 atom stereocenters. The van der Waals surface area contributed by atoms with Crippen molar-refractivity contribution in [2.24, 2.45) is 5.41 Å². The lowest BCUT2D eigenvalue weighted by Crippen LogP contribution is -2.45. The van der Waals surface area contributed by atoms with E-state index >= 15 is 0 Å². The van der Waals surface area contributed by atoms with Gasteiger partial charge in [0.1, 0.15) is 0 Å². The molecule has 28 heavy (non-hydrogen) atoms. The van der Waals surface area contributed by atoms with E-state index in [0.29, 0.717) is 11.3 Å². The van der Waals surface area contributed by atoms with Crippen LogP contribution in [0.2, 0.25) is 0 Å². The van der Waals surface area contributed by atoms with Crippen molar-refractivity contribution < 1.29 is 4.79 Å². The third kappa shape index (κ3) is 5.57. The fourth-order valence-corrected chi connectivity index (χ4v) is 4.72. The number of rotatable bonds is 3. The molecule has 3 fully saturated rings. The first kappa shape index (κ1) is 23.4. The lowest BCUT2D eigenvalue weighted by Gasteiger charge is -2.33. The van der Waals surface area contributed by atoms with E-state index in [4.69, 9.17) is 0 Å². The Bertz CT molecular complexity index is 612. The number of nitrogens with zero attached hydrogens (tertiary/aromatic N) is 3. The average molecular weight is 430 g/mol. The number of piperidine rings is 1. The molecule has 0 radical (unpaired) electrons. The number of halogens is 2. The van der Waals surface area contributed by atoms with Gasteiger partial charge in [0.05, 0.1) is 11.7 Å². The quantitative estimate of drug-likeness (QED) is 0.765. The summed E-state index contributed by atoms with van der Waals surface area (Å²) in [6.45, 7) is 7.75. The van der Waals surface area contributed by atoms with Crippen LogP contribution in [0, 0.1) is 5.41 Å². The number of hydrogen-bond donors (Lipinski definition) is 2. The zero-order valence-electron chi connectivity index (χ0n) is 16.4. The second-order valence-electron chi connectivity index (χ2n) is 8.16. The molecule has 6 nitrogen and oxygen atoms in total. The van der Waals surface area contributed by atoms with E-state index in [1.54, 1.807) is 0 Å². The smallest absolute Gasteiger partial charge is 0.239 e. The predicted molar refractivity (Wildman–Crippen MR) is 116 cm³/mol. The molecule has 1 aromatic rings. The van der Waals surface area contributed by atoms with E-state index in [1.807, 2.05) is 18.3 Å². The fraction of sp³-hybridized carbons (Fsp3) is 0.700. The van der Waals surface area contributed by atoms with Gasteiger partial charge >= 0.3 is 0 Å². The van der Waals surface area contributed by atoms with Gasteiger partial charge in [-0.15, -0.1) is 24.8 Å². The van der Waals surface area contributed by atoms with Crippen LogP contribution in [-0.2, 0) is 11.3 Å². The molecular weight excluding hydrogens is 397 g/mol. The van der Waals surface area contributed by atoms with Gasteiger partial charge in [-0.05, 0) is 56.3 Å². The molecule has 2 N–H and O–H groups in total. The molecule has 1 amide bonds. The molecule has 1 spiro atoms. The molecule has 3 saturated heterocycles. The number of nitrogens with one attached hydrogen (secondary N) is 2. The number of pyridine rings is 1. The van der Waals surface area contributed by atoms with Gasteiger partial charge in [-0.2, -0.15) is 0 Å².